The molecule has 0 unspecified atom stereocenters. The van der Waals surface area contributed by atoms with Crippen molar-refractivity contribution < 1.29 is 18.7 Å². The normalized spacial score (nSPS) is 23.1. The van der Waals surface area contributed by atoms with Gasteiger partial charge in [-0.25, -0.2) is 8.78 Å². The first-order valence-corrected chi connectivity index (χ1v) is 5.61. The summed E-state index contributed by atoms with van der Waals surface area (Å²) in [7, 11) is 1.49. The van der Waals surface area contributed by atoms with Crippen molar-refractivity contribution in [3.63, 3.8) is 0 Å². The van der Waals surface area contributed by atoms with Gasteiger partial charge in [-0.1, -0.05) is 0 Å². The second-order valence-corrected chi connectivity index (χ2v) is 4.33. The van der Waals surface area contributed by atoms with E-state index in [1.807, 2.05) is 0 Å². The van der Waals surface area contributed by atoms with Crippen molar-refractivity contribution >= 4 is 5.91 Å². The van der Waals surface area contributed by atoms with Crippen molar-refractivity contribution in [3.05, 3.63) is 35.4 Å². The molecule has 0 aliphatic carbocycles. The van der Waals surface area contributed by atoms with Gasteiger partial charge in [0.25, 0.3) is 5.91 Å². The lowest BCUT2D eigenvalue weighted by Crippen LogP contribution is -2.44. The number of benzene rings is 1. The highest BCUT2D eigenvalue weighted by Crippen LogP contribution is 2.15. The molecule has 2 rings (SSSR count). The number of rotatable bonds is 2. The molecule has 98 valence electrons. The van der Waals surface area contributed by atoms with Crippen molar-refractivity contribution in [3.8, 4) is 0 Å². The number of β-amino-alcohol motifs (C(OH)–C–C–N with tert-alkyl or cyclic N) is 1. The fraction of sp³-hybridized carbons (Fsp3) is 0.417. The monoisotopic (exact) mass is 256 g/mol. The molecule has 18 heavy (non-hydrogen) atoms. The van der Waals surface area contributed by atoms with Crippen LogP contribution in [0.25, 0.3) is 0 Å². The number of likely N-dealkylation sites (N-methyl/N-ethyl adjacent to an activating group) is 1. The quantitative estimate of drug-likeness (QED) is 0.804. The van der Waals surface area contributed by atoms with Crippen LogP contribution in [0.3, 0.4) is 0 Å². The van der Waals surface area contributed by atoms with Gasteiger partial charge in [0, 0.05) is 26.2 Å². The third-order valence-corrected chi connectivity index (χ3v) is 3.13. The van der Waals surface area contributed by atoms with Gasteiger partial charge in [-0.2, -0.15) is 0 Å². The highest BCUT2D eigenvalue weighted by molar-refractivity contribution is 5.94. The van der Waals surface area contributed by atoms with Gasteiger partial charge in [-0.05, 0) is 12.1 Å². The number of hydrogen-bond donors (Lipinski definition) is 2. The molecule has 1 aromatic rings. The van der Waals surface area contributed by atoms with Gasteiger partial charge in [-0.15, -0.1) is 0 Å². The van der Waals surface area contributed by atoms with E-state index in [1.54, 1.807) is 0 Å². The Morgan fingerprint density at radius 1 is 1.44 bits per heavy atom. The molecule has 0 spiro atoms. The van der Waals surface area contributed by atoms with E-state index in [0.717, 1.165) is 12.1 Å². The third kappa shape index (κ3) is 2.34. The Hall–Kier alpha value is -1.53. The zero-order valence-corrected chi connectivity index (χ0v) is 9.86. The highest BCUT2D eigenvalue weighted by Gasteiger charge is 2.32. The van der Waals surface area contributed by atoms with Crippen molar-refractivity contribution in [2.75, 3.05) is 20.1 Å². The number of amides is 1. The Morgan fingerprint density at radius 2 is 2.17 bits per heavy atom. The summed E-state index contributed by atoms with van der Waals surface area (Å²) in [5.74, 6) is -2.19. The van der Waals surface area contributed by atoms with Crippen molar-refractivity contribution in [2.45, 2.75) is 12.1 Å². The van der Waals surface area contributed by atoms with Crippen LogP contribution in [0.1, 0.15) is 10.4 Å². The first-order chi connectivity index (χ1) is 8.50. The van der Waals surface area contributed by atoms with Gasteiger partial charge < -0.3 is 15.3 Å². The average Bonchev–Trinajstić information content (AvgIpc) is 2.74. The summed E-state index contributed by atoms with van der Waals surface area (Å²) in [4.78, 5) is 13.3. The summed E-state index contributed by atoms with van der Waals surface area (Å²) in [6.07, 6.45) is -0.678. The van der Waals surface area contributed by atoms with Crippen LogP contribution >= 0.6 is 0 Å². The molecule has 1 aromatic carbocycles. The summed E-state index contributed by atoms with van der Waals surface area (Å²) >= 11 is 0. The van der Waals surface area contributed by atoms with Crippen LogP contribution in [0.4, 0.5) is 8.78 Å². The molecule has 0 saturated carbocycles. The number of carbonyl (C=O) groups is 1. The second kappa shape index (κ2) is 4.99. The molecule has 1 aliphatic heterocycles. The topological polar surface area (TPSA) is 52.6 Å². The van der Waals surface area contributed by atoms with E-state index in [2.05, 4.69) is 5.32 Å². The van der Waals surface area contributed by atoms with E-state index in [0.29, 0.717) is 19.2 Å². The number of nitrogens with one attached hydrogen (secondary N) is 1. The van der Waals surface area contributed by atoms with Crippen LogP contribution < -0.4 is 5.32 Å². The molecule has 2 atom stereocenters. The minimum Gasteiger partial charge on any atom is -0.390 e. The van der Waals surface area contributed by atoms with E-state index in [1.165, 1.54) is 11.9 Å². The SMILES string of the molecule is CN(C(=O)c1ccc(F)cc1F)[C@H]1CNC[C@@H]1O. The van der Waals surface area contributed by atoms with Crippen molar-refractivity contribution in [1.29, 1.82) is 0 Å². The molecule has 4 nitrogen and oxygen atoms in total. The van der Waals surface area contributed by atoms with Crippen LogP contribution in [-0.2, 0) is 0 Å². The molecule has 0 bridgehead atoms. The lowest BCUT2D eigenvalue weighted by atomic mass is 10.1. The van der Waals surface area contributed by atoms with Gasteiger partial charge in [0.2, 0.25) is 0 Å². The molecule has 0 aromatic heterocycles. The number of nitrogens with zero attached hydrogens (tertiary/aromatic N) is 1. The zero-order valence-electron chi connectivity index (χ0n) is 9.86. The lowest BCUT2D eigenvalue weighted by molar-refractivity contribution is 0.0577. The molecule has 1 heterocycles. The second-order valence-electron chi connectivity index (χ2n) is 4.33. The van der Waals surface area contributed by atoms with Crippen LogP contribution in [-0.4, -0.2) is 48.2 Å². The third-order valence-electron chi connectivity index (χ3n) is 3.13. The first kappa shape index (κ1) is 12.9. The van der Waals surface area contributed by atoms with Gasteiger partial charge in [0.1, 0.15) is 11.6 Å². The number of carbonyl (C=O) groups excluding carboxylic acids is 1. The van der Waals surface area contributed by atoms with Crippen molar-refractivity contribution in [2.24, 2.45) is 0 Å². The van der Waals surface area contributed by atoms with E-state index >= 15 is 0 Å². The van der Waals surface area contributed by atoms with E-state index in [-0.39, 0.29) is 5.56 Å². The van der Waals surface area contributed by atoms with Crippen LogP contribution in [0.2, 0.25) is 0 Å². The maximum atomic E-state index is 13.5. The fourth-order valence-electron chi connectivity index (χ4n) is 2.05. The van der Waals surface area contributed by atoms with Gasteiger partial charge in [0.05, 0.1) is 17.7 Å². The Labute approximate surface area is 103 Å². The van der Waals surface area contributed by atoms with Gasteiger partial charge >= 0.3 is 0 Å². The van der Waals surface area contributed by atoms with E-state index in [9.17, 15) is 18.7 Å². The predicted octanol–water partition coefficient (Wildman–Crippen LogP) is 0.369. The average molecular weight is 256 g/mol. The van der Waals surface area contributed by atoms with Gasteiger partial charge in [-0.3, -0.25) is 4.79 Å². The smallest absolute Gasteiger partial charge is 0.256 e. The number of aliphatic hydroxyl groups is 1. The Morgan fingerprint density at radius 3 is 2.72 bits per heavy atom. The fourth-order valence-corrected chi connectivity index (χ4v) is 2.05. The molecular weight excluding hydrogens is 242 g/mol. The van der Waals surface area contributed by atoms with E-state index in [4.69, 9.17) is 0 Å². The van der Waals surface area contributed by atoms with E-state index < -0.39 is 29.7 Å². The summed E-state index contributed by atoms with van der Waals surface area (Å²) < 4.78 is 26.2. The van der Waals surface area contributed by atoms with Crippen LogP contribution in [0.5, 0.6) is 0 Å². The Bertz CT molecular complexity index is 467. The standard InChI is InChI=1S/C12H14F2N2O2/c1-16(10-5-15-6-11(10)17)12(18)8-3-2-7(13)4-9(8)14/h2-4,10-11,15,17H,5-6H2,1H3/t10-,11-/m0/s1. The van der Waals surface area contributed by atoms with Crippen molar-refractivity contribution in [1.82, 2.24) is 10.2 Å². The predicted molar refractivity (Wildman–Crippen MR) is 61.1 cm³/mol. The number of hydrogen-bond acceptors (Lipinski definition) is 3. The summed E-state index contributed by atoms with van der Waals surface area (Å²) in [5, 5.41) is 12.6. The zero-order chi connectivity index (χ0) is 13.3. The minimum atomic E-state index is -0.896. The molecular formula is C12H14F2N2O2. The summed E-state index contributed by atoms with van der Waals surface area (Å²) in [5.41, 5.74) is -0.196. The molecule has 1 aliphatic rings. The lowest BCUT2D eigenvalue weighted by Gasteiger charge is -2.26. The summed E-state index contributed by atoms with van der Waals surface area (Å²) in [6.45, 7) is 0.848. The summed E-state index contributed by atoms with van der Waals surface area (Å²) in [6, 6.07) is 2.41. The van der Waals surface area contributed by atoms with Crippen LogP contribution in [0.15, 0.2) is 18.2 Å². The Balaban J connectivity index is 2.20. The molecule has 2 N–H and O–H groups in total. The number of halogens is 2. The number of aliphatic hydroxyl groups excluding tert-OH is 1. The first-order valence-electron chi connectivity index (χ1n) is 5.61. The van der Waals surface area contributed by atoms with Crippen LogP contribution in [0, 0.1) is 11.6 Å². The largest absolute Gasteiger partial charge is 0.390 e. The molecule has 1 amide bonds. The highest BCUT2D eigenvalue weighted by atomic mass is 19.1. The van der Waals surface area contributed by atoms with Gasteiger partial charge in [0.15, 0.2) is 0 Å². The molecule has 1 fully saturated rings. The maximum absolute atomic E-state index is 13.5. The maximum Gasteiger partial charge on any atom is 0.256 e. The molecule has 1 saturated heterocycles. The molecule has 0 radical (unpaired) electrons. The Kier molecular flexibility index (Phi) is 3.58. The molecule has 6 heteroatoms. The minimum absolute atomic E-state index is 0.196.